The summed E-state index contributed by atoms with van der Waals surface area (Å²) in [6.45, 7) is 6.87. The highest BCUT2D eigenvalue weighted by atomic mass is 16.2. The fourth-order valence-electron chi connectivity index (χ4n) is 4.13. The number of para-hydroxylation sites is 2. The number of piperidine rings is 1. The Bertz CT molecular complexity index is 784. The number of benzene rings is 1. The number of hydrogen-bond acceptors (Lipinski definition) is 4. The molecule has 0 bridgehead atoms. The van der Waals surface area contributed by atoms with Gasteiger partial charge in [0.1, 0.15) is 5.82 Å². The fraction of sp³-hybridized carbons (Fsp3) is 0.550. The number of aromatic amines is 1. The summed E-state index contributed by atoms with van der Waals surface area (Å²) < 4.78 is 0. The van der Waals surface area contributed by atoms with Crippen LogP contribution in [0.2, 0.25) is 0 Å². The second-order valence-electron chi connectivity index (χ2n) is 7.58. The topological polar surface area (TPSA) is 72.5 Å². The minimum Gasteiger partial charge on any atom is -0.341 e. The molecule has 0 spiro atoms. The summed E-state index contributed by atoms with van der Waals surface area (Å²) in [6.07, 6.45) is 1.79. The number of nitrogens with one attached hydrogen (secondary N) is 1. The first kappa shape index (κ1) is 18.0. The number of carbonyl (C=O) groups is 2. The summed E-state index contributed by atoms with van der Waals surface area (Å²) in [5.74, 6) is 1.46. The van der Waals surface area contributed by atoms with Crippen molar-refractivity contribution in [1.82, 2.24) is 24.7 Å². The third-order valence-electron chi connectivity index (χ3n) is 5.79. The highest BCUT2D eigenvalue weighted by Gasteiger charge is 2.31. The molecule has 0 unspecified atom stereocenters. The molecule has 2 saturated heterocycles. The molecule has 0 saturated carbocycles. The van der Waals surface area contributed by atoms with Crippen molar-refractivity contribution in [2.45, 2.75) is 26.3 Å². The van der Waals surface area contributed by atoms with E-state index in [1.807, 2.05) is 34.1 Å². The SMILES string of the molecule is CC(=O)N1CCN(C(=O)C2CCN(Cc3nc4ccccc4[nH]3)CC2)CC1. The second-order valence-corrected chi connectivity index (χ2v) is 7.58. The molecule has 7 nitrogen and oxygen atoms in total. The smallest absolute Gasteiger partial charge is 0.225 e. The molecule has 2 aliphatic rings. The molecule has 2 aliphatic heterocycles. The van der Waals surface area contributed by atoms with Crippen molar-refractivity contribution in [3.63, 3.8) is 0 Å². The predicted octanol–water partition coefficient (Wildman–Crippen LogP) is 1.47. The number of hydrogen-bond donors (Lipinski definition) is 1. The van der Waals surface area contributed by atoms with Crippen LogP contribution in [-0.4, -0.2) is 75.8 Å². The van der Waals surface area contributed by atoms with Gasteiger partial charge in [-0.15, -0.1) is 0 Å². The van der Waals surface area contributed by atoms with E-state index in [-0.39, 0.29) is 17.7 Å². The van der Waals surface area contributed by atoms with Gasteiger partial charge in [-0.05, 0) is 38.1 Å². The molecule has 2 fully saturated rings. The van der Waals surface area contributed by atoms with Crippen LogP contribution in [0.25, 0.3) is 11.0 Å². The Balaban J connectivity index is 1.27. The van der Waals surface area contributed by atoms with Crippen LogP contribution in [0.4, 0.5) is 0 Å². The molecule has 144 valence electrons. The van der Waals surface area contributed by atoms with E-state index in [1.54, 1.807) is 6.92 Å². The number of carbonyl (C=O) groups excluding carboxylic acids is 2. The summed E-state index contributed by atoms with van der Waals surface area (Å²) >= 11 is 0. The van der Waals surface area contributed by atoms with Crippen molar-refractivity contribution in [3.8, 4) is 0 Å². The number of fused-ring (bicyclic) bond motifs is 1. The lowest BCUT2D eigenvalue weighted by Crippen LogP contribution is -2.52. The maximum Gasteiger partial charge on any atom is 0.225 e. The summed E-state index contributed by atoms with van der Waals surface area (Å²) in [4.78, 5) is 38.4. The average Bonchev–Trinajstić information content (AvgIpc) is 3.10. The maximum absolute atomic E-state index is 12.8. The standard InChI is InChI=1S/C20H27N5O2/c1-15(26)24-10-12-25(13-11-24)20(27)16-6-8-23(9-7-16)14-19-21-17-4-2-3-5-18(17)22-19/h2-5,16H,6-14H2,1H3,(H,21,22). The lowest BCUT2D eigenvalue weighted by atomic mass is 9.95. The highest BCUT2D eigenvalue weighted by molar-refractivity contribution is 5.80. The van der Waals surface area contributed by atoms with Gasteiger partial charge >= 0.3 is 0 Å². The van der Waals surface area contributed by atoms with Gasteiger partial charge in [0.2, 0.25) is 11.8 Å². The molecule has 27 heavy (non-hydrogen) atoms. The van der Waals surface area contributed by atoms with E-state index in [4.69, 9.17) is 0 Å². The molecular weight excluding hydrogens is 342 g/mol. The molecule has 1 N–H and O–H groups in total. The molecule has 1 aromatic heterocycles. The summed E-state index contributed by atoms with van der Waals surface area (Å²) in [7, 11) is 0. The Labute approximate surface area is 159 Å². The van der Waals surface area contributed by atoms with E-state index in [9.17, 15) is 9.59 Å². The molecule has 3 heterocycles. The largest absolute Gasteiger partial charge is 0.341 e. The van der Waals surface area contributed by atoms with Gasteiger partial charge in [0.05, 0.1) is 17.6 Å². The number of imidazole rings is 1. The molecule has 0 aliphatic carbocycles. The van der Waals surface area contributed by atoms with Crippen LogP contribution in [0.3, 0.4) is 0 Å². The molecule has 0 atom stereocenters. The van der Waals surface area contributed by atoms with E-state index in [0.29, 0.717) is 26.2 Å². The van der Waals surface area contributed by atoms with Crippen molar-refractivity contribution in [2.24, 2.45) is 5.92 Å². The van der Waals surface area contributed by atoms with Gasteiger partial charge in [-0.3, -0.25) is 14.5 Å². The molecule has 7 heteroatoms. The zero-order valence-corrected chi connectivity index (χ0v) is 15.9. The Morgan fingerprint density at radius 3 is 2.37 bits per heavy atom. The Morgan fingerprint density at radius 1 is 1.04 bits per heavy atom. The first-order chi connectivity index (χ1) is 13.1. The zero-order valence-electron chi connectivity index (χ0n) is 15.9. The first-order valence-electron chi connectivity index (χ1n) is 9.80. The van der Waals surface area contributed by atoms with E-state index >= 15 is 0 Å². The fourth-order valence-corrected chi connectivity index (χ4v) is 4.13. The Hall–Kier alpha value is -2.41. The van der Waals surface area contributed by atoms with E-state index in [1.165, 1.54) is 0 Å². The van der Waals surface area contributed by atoms with Gasteiger partial charge in [-0.1, -0.05) is 12.1 Å². The van der Waals surface area contributed by atoms with Gasteiger partial charge in [-0.25, -0.2) is 4.98 Å². The van der Waals surface area contributed by atoms with Crippen LogP contribution < -0.4 is 0 Å². The summed E-state index contributed by atoms with van der Waals surface area (Å²) in [5, 5.41) is 0. The molecule has 1 aromatic carbocycles. The minimum atomic E-state index is 0.0981. The van der Waals surface area contributed by atoms with Gasteiger partial charge in [0.15, 0.2) is 0 Å². The van der Waals surface area contributed by atoms with E-state index in [0.717, 1.165) is 49.3 Å². The predicted molar refractivity (Wildman–Crippen MR) is 103 cm³/mol. The van der Waals surface area contributed by atoms with Crippen molar-refractivity contribution in [1.29, 1.82) is 0 Å². The number of piperazine rings is 1. The van der Waals surface area contributed by atoms with Crippen LogP contribution in [0.5, 0.6) is 0 Å². The molecule has 0 radical (unpaired) electrons. The van der Waals surface area contributed by atoms with Gasteiger partial charge in [-0.2, -0.15) is 0 Å². The van der Waals surface area contributed by atoms with Crippen molar-refractivity contribution in [2.75, 3.05) is 39.3 Å². The monoisotopic (exact) mass is 369 g/mol. The normalized spacial score (nSPS) is 19.6. The summed E-state index contributed by atoms with van der Waals surface area (Å²) in [6, 6.07) is 8.08. The lowest BCUT2D eigenvalue weighted by molar-refractivity contribution is -0.142. The quantitative estimate of drug-likeness (QED) is 0.889. The first-order valence-corrected chi connectivity index (χ1v) is 9.80. The van der Waals surface area contributed by atoms with Crippen LogP contribution in [0.15, 0.2) is 24.3 Å². The van der Waals surface area contributed by atoms with E-state index < -0.39 is 0 Å². The highest BCUT2D eigenvalue weighted by Crippen LogP contribution is 2.22. The Kier molecular flexibility index (Phi) is 5.11. The van der Waals surface area contributed by atoms with Gasteiger partial charge in [0, 0.05) is 39.0 Å². The van der Waals surface area contributed by atoms with E-state index in [2.05, 4.69) is 14.9 Å². The second kappa shape index (κ2) is 7.68. The van der Waals surface area contributed by atoms with Gasteiger partial charge < -0.3 is 14.8 Å². The summed E-state index contributed by atoms with van der Waals surface area (Å²) in [5.41, 5.74) is 2.07. The third-order valence-corrected chi connectivity index (χ3v) is 5.79. The number of nitrogens with zero attached hydrogens (tertiary/aromatic N) is 4. The number of H-pyrrole nitrogens is 1. The molecule has 2 amide bonds. The third kappa shape index (κ3) is 3.98. The minimum absolute atomic E-state index is 0.0981. The number of amides is 2. The van der Waals surface area contributed by atoms with Crippen LogP contribution in [0.1, 0.15) is 25.6 Å². The number of rotatable bonds is 3. The molecule has 2 aromatic rings. The molecular formula is C20H27N5O2. The van der Waals surface area contributed by atoms with Crippen molar-refractivity contribution >= 4 is 22.8 Å². The van der Waals surface area contributed by atoms with Crippen LogP contribution in [-0.2, 0) is 16.1 Å². The van der Waals surface area contributed by atoms with Gasteiger partial charge in [0.25, 0.3) is 0 Å². The zero-order chi connectivity index (χ0) is 18.8. The number of aromatic nitrogens is 2. The maximum atomic E-state index is 12.8. The Morgan fingerprint density at radius 2 is 1.70 bits per heavy atom. The van der Waals surface area contributed by atoms with Crippen LogP contribution >= 0.6 is 0 Å². The molecule has 4 rings (SSSR count). The lowest BCUT2D eigenvalue weighted by Gasteiger charge is -2.38. The number of likely N-dealkylation sites (tertiary alicyclic amines) is 1. The van der Waals surface area contributed by atoms with Crippen LogP contribution in [0, 0.1) is 5.92 Å². The van der Waals surface area contributed by atoms with Crippen molar-refractivity contribution < 1.29 is 9.59 Å². The van der Waals surface area contributed by atoms with Crippen molar-refractivity contribution in [3.05, 3.63) is 30.1 Å². The average molecular weight is 369 g/mol.